The van der Waals surface area contributed by atoms with Gasteiger partial charge in [0.2, 0.25) is 6.29 Å². The highest BCUT2D eigenvalue weighted by Gasteiger charge is 2.48. The van der Waals surface area contributed by atoms with Gasteiger partial charge in [-0.15, -0.1) is 0 Å². The van der Waals surface area contributed by atoms with Crippen molar-refractivity contribution >= 4 is 58.0 Å². The molecule has 0 aromatic heterocycles. The molecule has 2 aliphatic heterocycles. The Kier molecular flexibility index (Phi) is 10.9. The Balaban J connectivity index is 1.46. The second-order valence-corrected chi connectivity index (χ2v) is 12.2. The summed E-state index contributed by atoms with van der Waals surface area (Å²) >= 11 is 12.3. The van der Waals surface area contributed by atoms with E-state index in [0.717, 1.165) is 38.3 Å². The highest BCUT2D eigenvalue weighted by atomic mass is 35.5. The molecule has 5 rings (SSSR count). The first-order valence-electron chi connectivity index (χ1n) is 14.8. The fourth-order valence-electron chi connectivity index (χ4n) is 5.30. The zero-order chi connectivity index (χ0) is 33.8. The molecule has 2 amide bonds. The zero-order valence-corrected chi connectivity index (χ0v) is 26.7. The summed E-state index contributed by atoms with van der Waals surface area (Å²) in [6.07, 6.45) is -8.63. The number of amides is 2. The van der Waals surface area contributed by atoms with Gasteiger partial charge in [0.15, 0.2) is 6.10 Å². The van der Waals surface area contributed by atoms with E-state index in [0.29, 0.717) is 10.7 Å². The number of carboxylic acid groups (broad SMARTS) is 1. The average Bonchev–Trinajstić information content (AvgIpc) is 3.27. The van der Waals surface area contributed by atoms with E-state index in [9.17, 15) is 34.8 Å². The molecular formula is C32H34Cl2N4O9. The summed E-state index contributed by atoms with van der Waals surface area (Å²) in [4.78, 5) is 43.3. The number of nitrogens with one attached hydrogen (secondary N) is 2. The lowest BCUT2D eigenvalue weighted by Crippen LogP contribution is -2.61. The molecule has 5 atom stereocenters. The monoisotopic (exact) mass is 688 g/mol. The number of rotatable bonds is 8. The zero-order valence-electron chi connectivity index (χ0n) is 25.2. The van der Waals surface area contributed by atoms with Crippen molar-refractivity contribution in [2.75, 3.05) is 48.8 Å². The fourth-order valence-corrected chi connectivity index (χ4v) is 5.64. The predicted octanol–water partition coefficient (Wildman–Crippen LogP) is 2.91. The molecule has 250 valence electrons. The topological polar surface area (TPSA) is 181 Å². The molecule has 0 saturated carbocycles. The molecule has 47 heavy (non-hydrogen) atoms. The number of nitrogens with zero attached hydrogens (tertiary/aromatic N) is 2. The molecule has 3 aromatic rings. The maximum atomic E-state index is 13.6. The Labute approximate surface area is 280 Å². The molecule has 2 fully saturated rings. The Hall–Kier alpha value is -3.95. The lowest BCUT2D eigenvalue weighted by Gasteiger charge is -2.38. The van der Waals surface area contributed by atoms with Gasteiger partial charge in [0.25, 0.3) is 11.8 Å². The van der Waals surface area contributed by atoms with Crippen LogP contribution in [-0.4, -0.2) is 107 Å². The molecule has 0 spiro atoms. The van der Waals surface area contributed by atoms with E-state index in [1.54, 1.807) is 36.4 Å². The van der Waals surface area contributed by atoms with Crippen LogP contribution in [0.1, 0.15) is 27.1 Å². The quantitative estimate of drug-likeness (QED) is 0.205. The van der Waals surface area contributed by atoms with Crippen molar-refractivity contribution in [2.45, 2.75) is 37.1 Å². The number of aliphatic hydroxyl groups excluding tert-OH is 3. The van der Waals surface area contributed by atoms with Crippen LogP contribution in [0.15, 0.2) is 60.7 Å². The number of halogens is 2. The van der Waals surface area contributed by atoms with Crippen molar-refractivity contribution in [3.8, 4) is 5.75 Å². The van der Waals surface area contributed by atoms with E-state index < -0.39 is 48.5 Å². The number of aliphatic carboxylic acids is 1. The molecule has 13 nitrogen and oxygen atoms in total. The van der Waals surface area contributed by atoms with Crippen molar-refractivity contribution in [3.05, 3.63) is 81.8 Å². The highest BCUT2D eigenvalue weighted by molar-refractivity contribution is 6.32. The molecule has 15 heteroatoms. The van der Waals surface area contributed by atoms with E-state index in [-0.39, 0.29) is 27.6 Å². The number of likely N-dealkylation sites (N-methyl/N-ethyl adjacent to an activating group) is 1. The number of aliphatic hydroxyl groups is 3. The van der Waals surface area contributed by atoms with Gasteiger partial charge in [-0.1, -0.05) is 23.2 Å². The maximum absolute atomic E-state index is 13.6. The van der Waals surface area contributed by atoms with Crippen LogP contribution in [0.25, 0.3) is 0 Å². The molecule has 6 N–H and O–H groups in total. The van der Waals surface area contributed by atoms with Crippen LogP contribution in [0.3, 0.4) is 0 Å². The Morgan fingerprint density at radius 1 is 0.830 bits per heavy atom. The van der Waals surface area contributed by atoms with Crippen molar-refractivity contribution in [1.82, 2.24) is 4.90 Å². The molecule has 0 bridgehead atoms. The van der Waals surface area contributed by atoms with Gasteiger partial charge in [-0.3, -0.25) is 9.59 Å². The first kappa shape index (κ1) is 34.4. The minimum Gasteiger partial charge on any atom is -0.479 e. The fraction of sp³-hybridized carbons (Fsp3) is 0.344. The van der Waals surface area contributed by atoms with Crippen LogP contribution in [-0.2, 0) is 9.53 Å². The van der Waals surface area contributed by atoms with Crippen molar-refractivity contribution < 1.29 is 44.3 Å². The van der Waals surface area contributed by atoms with E-state index in [1.165, 1.54) is 12.1 Å². The highest BCUT2D eigenvalue weighted by Crippen LogP contribution is 2.36. The van der Waals surface area contributed by atoms with E-state index in [4.69, 9.17) is 32.7 Å². The van der Waals surface area contributed by atoms with E-state index in [2.05, 4.69) is 27.5 Å². The van der Waals surface area contributed by atoms with E-state index >= 15 is 0 Å². The summed E-state index contributed by atoms with van der Waals surface area (Å²) in [5.74, 6) is -3.23. The van der Waals surface area contributed by atoms with Gasteiger partial charge < -0.3 is 50.3 Å². The van der Waals surface area contributed by atoms with Crippen molar-refractivity contribution in [1.29, 1.82) is 0 Å². The van der Waals surface area contributed by atoms with Gasteiger partial charge in [-0.05, 0) is 74.6 Å². The molecular weight excluding hydrogens is 655 g/mol. The molecule has 0 radical (unpaired) electrons. The molecule has 2 aliphatic rings. The lowest BCUT2D eigenvalue weighted by molar-refractivity contribution is -0.271. The predicted molar refractivity (Wildman–Crippen MR) is 175 cm³/mol. The van der Waals surface area contributed by atoms with Crippen molar-refractivity contribution in [3.63, 3.8) is 0 Å². The second kappa shape index (κ2) is 14.9. The normalized spacial score (nSPS) is 23.4. The van der Waals surface area contributed by atoms with Crippen LogP contribution < -0.4 is 20.3 Å². The third kappa shape index (κ3) is 8.14. The Bertz CT molecular complexity index is 1610. The van der Waals surface area contributed by atoms with Gasteiger partial charge in [0.1, 0.15) is 24.1 Å². The Morgan fingerprint density at radius 2 is 1.53 bits per heavy atom. The number of carbonyl (C=O) groups excluding carboxylic acids is 2. The third-order valence-electron chi connectivity index (χ3n) is 7.92. The number of ether oxygens (including phenoxy) is 2. The first-order valence-corrected chi connectivity index (χ1v) is 15.5. The van der Waals surface area contributed by atoms with Crippen LogP contribution in [0.2, 0.25) is 10.0 Å². The summed E-state index contributed by atoms with van der Waals surface area (Å²) in [7, 11) is 2.08. The summed E-state index contributed by atoms with van der Waals surface area (Å²) in [6, 6.07) is 15.7. The average molecular weight is 690 g/mol. The maximum Gasteiger partial charge on any atom is 0.335 e. The van der Waals surface area contributed by atoms with Gasteiger partial charge in [0.05, 0.1) is 11.3 Å². The molecule has 2 saturated heterocycles. The SMILES string of the molecule is CN1CCCN(c2ccc(C(=O)Nc3c(O[C@@H]4O[C@H](C(=O)O)[C@@H](O)[C@H](O)[C@H]4O)cc(Cl)cc3C(=O)Nc3ccc(Cl)cc3)cc2)CC1. The van der Waals surface area contributed by atoms with Gasteiger partial charge in [0, 0.05) is 52.7 Å². The standard InChI is InChI=1S/C32H34Cl2N4O9/c1-37-11-2-12-38(14-13-37)21-9-3-17(4-10-21)29(42)36-24-22(30(43)35-20-7-5-18(33)6-8-20)15-19(34)16-23(24)46-32-27(41)25(39)26(40)28(47-32)31(44)45/h3-10,15-16,25-28,32,39-41H,2,11-14H2,1H3,(H,35,43)(H,36,42)(H,44,45)/t25-,26-,27+,28-,32+/m0/s1. The van der Waals surface area contributed by atoms with Gasteiger partial charge >= 0.3 is 5.97 Å². The van der Waals surface area contributed by atoms with Crippen molar-refractivity contribution in [2.24, 2.45) is 0 Å². The summed E-state index contributed by atoms with van der Waals surface area (Å²) < 4.78 is 11.0. The number of hydrogen-bond donors (Lipinski definition) is 6. The molecule has 0 aliphatic carbocycles. The molecule has 0 unspecified atom stereocenters. The van der Waals surface area contributed by atoms with Gasteiger partial charge in [-0.2, -0.15) is 0 Å². The Morgan fingerprint density at radius 3 is 2.21 bits per heavy atom. The second-order valence-electron chi connectivity index (χ2n) is 11.3. The van der Waals surface area contributed by atoms with E-state index in [1.807, 2.05) is 12.1 Å². The molecule has 3 aromatic carbocycles. The summed E-state index contributed by atoms with van der Waals surface area (Å²) in [6.45, 7) is 3.61. The van der Waals surface area contributed by atoms with Crippen LogP contribution >= 0.6 is 23.2 Å². The number of carboxylic acids is 1. The molecule has 2 heterocycles. The van der Waals surface area contributed by atoms with Crippen LogP contribution in [0.4, 0.5) is 17.1 Å². The van der Waals surface area contributed by atoms with Gasteiger partial charge in [-0.25, -0.2) is 4.79 Å². The third-order valence-corrected chi connectivity index (χ3v) is 8.39. The summed E-state index contributed by atoms with van der Waals surface area (Å²) in [5, 5.41) is 46.2. The minimum atomic E-state index is -1.96. The smallest absolute Gasteiger partial charge is 0.335 e. The lowest BCUT2D eigenvalue weighted by atomic mass is 9.99. The summed E-state index contributed by atoms with van der Waals surface area (Å²) in [5.41, 5.74) is 1.24. The number of anilines is 3. The minimum absolute atomic E-state index is 0.0210. The first-order chi connectivity index (χ1) is 22.4. The van der Waals surface area contributed by atoms with Crippen LogP contribution in [0, 0.1) is 0 Å². The number of carbonyl (C=O) groups is 3. The largest absolute Gasteiger partial charge is 0.479 e. The number of benzene rings is 3. The van der Waals surface area contributed by atoms with Crippen LogP contribution in [0.5, 0.6) is 5.75 Å². The number of hydrogen-bond acceptors (Lipinski definition) is 10.